The maximum atomic E-state index is 8.98. The average molecular weight is 215 g/mol. The molecule has 0 radical (unpaired) electrons. The molecule has 0 spiro atoms. The summed E-state index contributed by atoms with van der Waals surface area (Å²) in [5.41, 5.74) is 1.62. The van der Waals surface area contributed by atoms with Gasteiger partial charge in [-0.2, -0.15) is 5.26 Å². The van der Waals surface area contributed by atoms with Gasteiger partial charge in [0.25, 0.3) is 0 Å². The van der Waals surface area contributed by atoms with Gasteiger partial charge in [0.15, 0.2) is 0 Å². The van der Waals surface area contributed by atoms with Gasteiger partial charge in [0, 0.05) is 24.3 Å². The Labute approximate surface area is 96.7 Å². The zero-order valence-corrected chi connectivity index (χ0v) is 9.69. The summed E-state index contributed by atoms with van der Waals surface area (Å²) in [6.07, 6.45) is 5.55. The molecule has 2 rings (SSSR count). The number of piperidine rings is 1. The van der Waals surface area contributed by atoms with Crippen molar-refractivity contribution in [3.63, 3.8) is 0 Å². The molecule has 16 heavy (non-hydrogen) atoms. The van der Waals surface area contributed by atoms with Gasteiger partial charge in [0.05, 0.1) is 0 Å². The van der Waals surface area contributed by atoms with Crippen LogP contribution in [0.3, 0.4) is 0 Å². The van der Waals surface area contributed by atoms with Crippen molar-refractivity contribution < 1.29 is 0 Å². The van der Waals surface area contributed by atoms with Crippen molar-refractivity contribution >= 4 is 0 Å². The Bertz CT molecular complexity index is 394. The van der Waals surface area contributed by atoms with Crippen LogP contribution in [0.25, 0.3) is 0 Å². The van der Waals surface area contributed by atoms with Crippen molar-refractivity contribution in [2.24, 2.45) is 0 Å². The fourth-order valence-electron chi connectivity index (χ4n) is 2.28. The van der Waals surface area contributed by atoms with Crippen LogP contribution in [-0.4, -0.2) is 22.5 Å². The molecule has 0 saturated carbocycles. The van der Waals surface area contributed by atoms with Gasteiger partial charge in [-0.25, -0.2) is 4.98 Å². The lowest BCUT2D eigenvalue weighted by molar-refractivity contribution is 0.152. The fourth-order valence-corrected chi connectivity index (χ4v) is 2.28. The first-order valence-electron chi connectivity index (χ1n) is 5.89. The minimum atomic E-state index is 0.570. The number of nitrogens with zero attached hydrogens (tertiary/aromatic N) is 3. The summed E-state index contributed by atoms with van der Waals surface area (Å²) in [5, 5.41) is 8.98. The minimum Gasteiger partial charge on any atom is -0.296 e. The molecule has 3 heteroatoms. The van der Waals surface area contributed by atoms with Gasteiger partial charge in [-0.15, -0.1) is 0 Å². The SMILES string of the molecule is CC1CCCCN1Cc1cccnc1C#N. The Morgan fingerprint density at radius 2 is 2.44 bits per heavy atom. The Hall–Kier alpha value is -1.40. The van der Waals surface area contributed by atoms with E-state index < -0.39 is 0 Å². The highest BCUT2D eigenvalue weighted by molar-refractivity contribution is 5.30. The summed E-state index contributed by atoms with van der Waals surface area (Å²) >= 11 is 0. The highest BCUT2D eigenvalue weighted by Crippen LogP contribution is 2.19. The average Bonchev–Trinajstić information content (AvgIpc) is 2.33. The maximum Gasteiger partial charge on any atom is 0.144 e. The number of pyridine rings is 1. The van der Waals surface area contributed by atoms with Crippen LogP contribution in [-0.2, 0) is 6.54 Å². The summed E-state index contributed by atoms with van der Waals surface area (Å²) < 4.78 is 0. The van der Waals surface area contributed by atoms with Gasteiger partial charge in [-0.3, -0.25) is 4.90 Å². The van der Waals surface area contributed by atoms with Crippen LogP contribution in [0, 0.1) is 11.3 Å². The van der Waals surface area contributed by atoms with Crippen molar-refractivity contribution in [2.75, 3.05) is 6.54 Å². The second-order valence-corrected chi connectivity index (χ2v) is 4.44. The zero-order chi connectivity index (χ0) is 11.4. The van der Waals surface area contributed by atoms with Crippen LogP contribution in [0.5, 0.6) is 0 Å². The largest absolute Gasteiger partial charge is 0.296 e. The molecular formula is C13H17N3. The molecular weight excluding hydrogens is 198 g/mol. The number of aromatic nitrogens is 1. The van der Waals surface area contributed by atoms with Crippen molar-refractivity contribution in [2.45, 2.75) is 38.8 Å². The third-order valence-electron chi connectivity index (χ3n) is 3.31. The summed E-state index contributed by atoms with van der Waals surface area (Å²) in [6, 6.07) is 6.70. The molecule has 84 valence electrons. The van der Waals surface area contributed by atoms with Gasteiger partial charge in [0.2, 0.25) is 0 Å². The Morgan fingerprint density at radius 1 is 1.56 bits per heavy atom. The number of hydrogen-bond acceptors (Lipinski definition) is 3. The van der Waals surface area contributed by atoms with Gasteiger partial charge in [-0.05, 0) is 32.4 Å². The van der Waals surface area contributed by atoms with Crippen molar-refractivity contribution in [3.8, 4) is 6.07 Å². The van der Waals surface area contributed by atoms with Crippen molar-refractivity contribution in [1.82, 2.24) is 9.88 Å². The normalized spacial score (nSPS) is 21.6. The summed E-state index contributed by atoms with van der Waals surface area (Å²) in [4.78, 5) is 6.55. The molecule has 0 N–H and O–H groups in total. The molecule has 0 aliphatic carbocycles. The first kappa shape index (κ1) is 11.1. The van der Waals surface area contributed by atoms with E-state index in [1.54, 1.807) is 6.20 Å². The smallest absolute Gasteiger partial charge is 0.144 e. The van der Waals surface area contributed by atoms with Crippen LogP contribution in [0.4, 0.5) is 0 Å². The lowest BCUT2D eigenvalue weighted by Crippen LogP contribution is -2.36. The van der Waals surface area contributed by atoms with E-state index in [9.17, 15) is 0 Å². The molecule has 3 nitrogen and oxygen atoms in total. The molecule has 2 heterocycles. The molecule has 0 amide bonds. The number of hydrogen-bond donors (Lipinski definition) is 0. The van der Waals surface area contributed by atoms with E-state index in [0.717, 1.165) is 18.7 Å². The number of nitriles is 1. The lowest BCUT2D eigenvalue weighted by Gasteiger charge is -2.33. The fraction of sp³-hybridized carbons (Fsp3) is 0.538. The van der Waals surface area contributed by atoms with Crippen LogP contribution < -0.4 is 0 Å². The third-order valence-corrected chi connectivity index (χ3v) is 3.31. The molecule has 1 aliphatic heterocycles. The van der Waals surface area contributed by atoms with Gasteiger partial charge < -0.3 is 0 Å². The Morgan fingerprint density at radius 3 is 3.19 bits per heavy atom. The Balaban J connectivity index is 2.11. The maximum absolute atomic E-state index is 8.98. The molecule has 1 aromatic rings. The lowest BCUT2D eigenvalue weighted by atomic mass is 10.0. The highest BCUT2D eigenvalue weighted by atomic mass is 15.2. The number of rotatable bonds is 2. The topological polar surface area (TPSA) is 39.9 Å². The monoisotopic (exact) mass is 215 g/mol. The van der Waals surface area contributed by atoms with Crippen LogP contribution in [0.2, 0.25) is 0 Å². The van der Waals surface area contributed by atoms with Gasteiger partial charge >= 0.3 is 0 Å². The van der Waals surface area contributed by atoms with E-state index in [0.29, 0.717) is 11.7 Å². The van der Waals surface area contributed by atoms with E-state index in [-0.39, 0.29) is 0 Å². The Kier molecular flexibility index (Phi) is 3.53. The third kappa shape index (κ3) is 2.40. The molecule has 0 bridgehead atoms. The van der Waals surface area contributed by atoms with E-state index in [1.165, 1.54) is 19.3 Å². The summed E-state index contributed by atoms with van der Waals surface area (Å²) in [6.45, 7) is 4.26. The van der Waals surface area contributed by atoms with Gasteiger partial charge in [-0.1, -0.05) is 12.5 Å². The van der Waals surface area contributed by atoms with Crippen LogP contribution in [0.15, 0.2) is 18.3 Å². The summed E-state index contributed by atoms with van der Waals surface area (Å²) in [5.74, 6) is 0. The standard InChI is InChI=1S/C13H17N3/c1-11-5-2-3-8-16(11)10-12-6-4-7-15-13(12)9-14/h4,6-7,11H,2-3,5,8,10H2,1H3. The molecule has 1 aliphatic rings. The quantitative estimate of drug-likeness (QED) is 0.760. The molecule has 0 aromatic carbocycles. The van der Waals surface area contributed by atoms with E-state index in [2.05, 4.69) is 22.9 Å². The van der Waals surface area contributed by atoms with E-state index in [1.807, 2.05) is 12.1 Å². The van der Waals surface area contributed by atoms with Crippen molar-refractivity contribution in [1.29, 1.82) is 5.26 Å². The minimum absolute atomic E-state index is 0.570. The molecule has 1 fully saturated rings. The zero-order valence-electron chi connectivity index (χ0n) is 9.69. The molecule has 1 aromatic heterocycles. The molecule has 1 unspecified atom stereocenters. The predicted octanol–water partition coefficient (Wildman–Crippen LogP) is 2.33. The van der Waals surface area contributed by atoms with Gasteiger partial charge in [0.1, 0.15) is 11.8 Å². The number of likely N-dealkylation sites (tertiary alicyclic amines) is 1. The first-order valence-corrected chi connectivity index (χ1v) is 5.89. The van der Waals surface area contributed by atoms with Crippen LogP contribution in [0.1, 0.15) is 37.4 Å². The predicted molar refractivity (Wildman–Crippen MR) is 62.7 cm³/mol. The van der Waals surface area contributed by atoms with E-state index in [4.69, 9.17) is 5.26 Å². The van der Waals surface area contributed by atoms with E-state index >= 15 is 0 Å². The second kappa shape index (κ2) is 5.09. The van der Waals surface area contributed by atoms with Crippen LogP contribution >= 0.6 is 0 Å². The molecule has 1 saturated heterocycles. The molecule has 1 atom stereocenters. The summed E-state index contributed by atoms with van der Waals surface area (Å²) in [7, 11) is 0. The second-order valence-electron chi connectivity index (χ2n) is 4.44. The highest BCUT2D eigenvalue weighted by Gasteiger charge is 2.19. The first-order chi connectivity index (χ1) is 7.81. The van der Waals surface area contributed by atoms with Crippen molar-refractivity contribution in [3.05, 3.63) is 29.6 Å².